The van der Waals surface area contributed by atoms with Crippen LogP contribution in [0.3, 0.4) is 0 Å². The minimum atomic E-state index is -5.80. The van der Waals surface area contributed by atoms with E-state index in [-0.39, 0.29) is 16.5 Å². The lowest BCUT2D eigenvalue weighted by atomic mass is 10.2. The summed E-state index contributed by atoms with van der Waals surface area (Å²) < 4.78 is 67.6. The minimum Gasteiger partial charge on any atom is -0.457 e. The van der Waals surface area contributed by atoms with Crippen LogP contribution in [-0.4, -0.2) is 30.3 Å². The molecule has 1 unspecified atom stereocenters. The fraction of sp³-hybridized carbons (Fsp3) is 0.0714. The summed E-state index contributed by atoms with van der Waals surface area (Å²) in [7, 11) is -6.12. The molecule has 4 rings (SSSR count). The molecule has 0 radical (unpaired) electrons. The maximum atomic E-state index is 13.6. The quantitative estimate of drug-likeness (QED) is 0.111. The second-order valence-electron chi connectivity index (χ2n) is 7.96. The maximum absolute atomic E-state index is 13.6. The largest absolute Gasteiger partial charge is 0.457 e. The van der Waals surface area contributed by atoms with Crippen LogP contribution in [0.1, 0.15) is 10.4 Å². The first kappa shape index (κ1) is 27.2. The van der Waals surface area contributed by atoms with Crippen LogP contribution < -0.4 is 4.74 Å². The number of esters is 1. The third kappa shape index (κ3) is 6.16. The Labute approximate surface area is 222 Å². The van der Waals surface area contributed by atoms with Gasteiger partial charge in [-0.3, -0.25) is 4.55 Å². The molecule has 6 nitrogen and oxygen atoms in total. The lowest BCUT2D eigenvalue weighted by Crippen LogP contribution is -2.42. The number of rotatable bonds is 9. The highest BCUT2D eigenvalue weighted by atomic mass is 32.2. The Morgan fingerprint density at radius 3 is 1.63 bits per heavy atom. The molecule has 0 fully saturated rings. The molecule has 0 aliphatic carbocycles. The molecular weight excluding hydrogens is 534 g/mol. The van der Waals surface area contributed by atoms with Gasteiger partial charge in [-0.05, 0) is 72.8 Å². The number of hydrogen-bond donors (Lipinski definition) is 1. The molecule has 4 aromatic carbocycles. The summed E-state index contributed by atoms with van der Waals surface area (Å²) in [5.74, 6) is -0.327. The smallest absolute Gasteiger partial charge is 0.448 e. The summed E-state index contributed by atoms with van der Waals surface area (Å²) in [5, 5.41) is -4.75. The Hall–Kier alpha value is -3.86. The number of alkyl halides is 2. The van der Waals surface area contributed by atoms with Crippen LogP contribution in [0.4, 0.5) is 8.78 Å². The number of halogens is 2. The number of ether oxygens (including phenoxy) is 2. The van der Waals surface area contributed by atoms with E-state index in [1.807, 2.05) is 60.7 Å². The summed E-state index contributed by atoms with van der Waals surface area (Å²) in [6.07, 6.45) is -2.64. The highest BCUT2D eigenvalue weighted by molar-refractivity contribution is 7.97. The summed E-state index contributed by atoms with van der Waals surface area (Å²) in [5.41, 5.74) is -0.137. The van der Waals surface area contributed by atoms with E-state index in [0.29, 0.717) is 11.5 Å². The molecule has 0 bridgehead atoms. The second kappa shape index (κ2) is 11.3. The molecule has 0 aromatic heterocycles. The Balaban J connectivity index is 1.46. The first-order valence-corrected chi connectivity index (χ1v) is 13.8. The SMILES string of the molecule is [CH2+]C(OC(=O)c1ccc(Oc2ccc([S+](c3ccccc3)c3ccccc3)cc2)cc1)C(F)(F)S(=O)(=O)O. The lowest BCUT2D eigenvalue weighted by Gasteiger charge is -2.16. The lowest BCUT2D eigenvalue weighted by molar-refractivity contribution is -0.0438. The predicted octanol–water partition coefficient (Wildman–Crippen LogP) is 6.41. The van der Waals surface area contributed by atoms with Crippen molar-refractivity contribution in [3.8, 4) is 11.5 Å². The van der Waals surface area contributed by atoms with Gasteiger partial charge in [0.25, 0.3) is 0 Å². The zero-order valence-corrected chi connectivity index (χ0v) is 21.4. The van der Waals surface area contributed by atoms with Crippen LogP contribution in [0.15, 0.2) is 124 Å². The van der Waals surface area contributed by atoms with Crippen molar-refractivity contribution in [2.24, 2.45) is 0 Å². The highest BCUT2D eigenvalue weighted by Gasteiger charge is 2.56. The van der Waals surface area contributed by atoms with Crippen molar-refractivity contribution < 1.29 is 36.0 Å². The average Bonchev–Trinajstić information content (AvgIpc) is 2.91. The molecule has 4 aromatic rings. The van der Waals surface area contributed by atoms with Gasteiger partial charge in [-0.15, -0.1) is 0 Å². The van der Waals surface area contributed by atoms with Gasteiger partial charge in [-0.25, -0.2) is 4.79 Å². The average molecular weight is 557 g/mol. The van der Waals surface area contributed by atoms with Crippen molar-refractivity contribution in [1.82, 2.24) is 0 Å². The predicted molar refractivity (Wildman–Crippen MR) is 139 cm³/mol. The maximum Gasteiger partial charge on any atom is 0.448 e. The van der Waals surface area contributed by atoms with Crippen molar-refractivity contribution in [2.75, 3.05) is 0 Å². The van der Waals surface area contributed by atoms with Crippen molar-refractivity contribution in [1.29, 1.82) is 0 Å². The van der Waals surface area contributed by atoms with Gasteiger partial charge in [-0.1, -0.05) is 36.4 Å². The number of benzene rings is 4. The van der Waals surface area contributed by atoms with E-state index in [2.05, 4.69) is 35.9 Å². The van der Waals surface area contributed by atoms with Crippen LogP contribution in [0.25, 0.3) is 0 Å². The third-order valence-electron chi connectivity index (χ3n) is 5.31. The van der Waals surface area contributed by atoms with Crippen molar-refractivity contribution in [2.45, 2.75) is 26.0 Å². The van der Waals surface area contributed by atoms with E-state index in [1.54, 1.807) is 0 Å². The fourth-order valence-corrected chi connectivity index (χ4v) is 5.86. The molecule has 0 spiro atoms. The Bertz CT molecular complexity index is 1440. The van der Waals surface area contributed by atoms with Crippen LogP contribution in [-0.2, 0) is 25.7 Å². The molecule has 10 heteroatoms. The number of hydrogen-bond acceptors (Lipinski definition) is 5. The molecule has 0 saturated carbocycles. The van der Waals surface area contributed by atoms with E-state index >= 15 is 0 Å². The molecule has 0 aliphatic rings. The van der Waals surface area contributed by atoms with E-state index in [0.717, 1.165) is 4.90 Å². The van der Waals surface area contributed by atoms with Gasteiger partial charge in [0, 0.05) is 0 Å². The van der Waals surface area contributed by atoms with E-state index < -0.39 is 27.4 Å². The van der Waals surface area contributed by atoms with E-state index in [4.69, 9.17) is 9.29 Å². The molecule has 1 N–H and O–H groups in total. The van der Waals surface area contributed by atoms with Crippen molar-refractivity contribution in [3.63, 3.8) is 0 Å². The summed E-state index contributed by atoms with van der Waals surface area (Å²) in [4.78, 5) is 15.6. The third-order valence-corrected chi connectivity index (χ3v) is 8.49. The zero-order valence-electron chi connectivity index (χ0n) is 19.7. The minimum absolute atomic E-state index is 0.137. The summed E-state index contributed by atoms with van der Waals surface area (Å²) in [6, 6.07) is 33.4. The van der Waals surface area contributed by atoms with E-state index in [9.17, 15) is 22.0 Å². The highest BCUT2D eigenvalue weighted by Crippen LogP contribution is 2.33. The van der Waals surface area contributed by atoms with Gasteiger partial charge in [0.15, 0.2) is 14.7 Å². The summed E-state index contributed by atoms with van der Waals surface area (Å²) in [6.45, 7) is 2.82. The van der Waals surface area contributed by atoms with Crippen LogP contribution in [0, 0.1) is 6.92 Å². The van der Waals surface area contributed by atoms with Gasteiger partial charge in [-0.2, -0.15) is 17.2 Å². The molecule has 0 heterocycles. The molecule has 194 valence electrons. The van der Waals surface area contributed by atoms with Crippen LogP contribution in [0.5, 0.6) is 11.5 Å². The Kier molecular flexibility index (Phi) is 8.05. The topological polar surface area (TPSA) is 89.9 Å². The first-order valence-electron chi connectivity index (χ1n) is 11.2. The zero-order chi connectivity index (χ0) is 27.3. The van der Waals surface area contributed by atoms with Gasteiger partial charge >= 0.3 is 27.4 Å². The van der Waals surface area contributed by atoms with E-state index in [1.165, 1.54) is 34.1 Å². The Morgan fingerprint density at radius 2 is 1.18 bits per heavy atom. The standard InChI is InChI=1S/C28H21F2O6S2/c1-20(28(29,30)38(32,33)34)35-27(31)21-12-14-22(15-13-21)36-23-16-18-26(19-17-23)37(24-8-4-2-5-9-24)25-10-6-3-7-11-25/h2-20H,1H2/q+1/p+1. The van der Waals surface area contributed by atoms with Gasteiger partial charge in [0.2, 0.25) is 0 Å². The molecule has 0 saturated heterocycles. The summed E-state index contributed by atoms with van der Waals surface area (Å²) >= 11 is 0. The normalized spacial score (nSPS) is 12.6. The molecule has 1 atom stereocenters. The van der Waals surface area contributed by atoms with Gasteiger partial charge in [0.1, 0.15) is 18.4 Å². The number of carbonyl (C=O) groups excluding carboxylic acids is 1. The monoisotopic (exact) mass is 556 g/mol. The van der Waals surface area contributed by atoms with Crippen LogP contribution in [0.2, 0.25) is 0 Å². The van der Waals surface area contributed by atoms with Crippen molar-refractivity contribution >= 4 is 27.0 Å². The van der Waals surface area contributed by atoms with Crippen LogP contribution >= 0.6 is 0 Å². The molecule has 0 aliphatic heterocycles. The first-order chi connectivity index (χ1) is 18.1. The molecule has 0 amide bonds. The molecule has 38 heavy (non-hydrogen) atoms. The van der Waals surface area contributed by atoms with Gasteiger partial charge < -0.3 is 9.47 Å². The molecular formula is C28H22F2O6S2+2. The van der Waals surface area contributed by atoms with Crippen molar-refractivity contribution in [3.05, 3.63) is 122 Å². The van der Waals surface area contributed by atoms with Gasteiger partial charge in [0.05, 0.1) is 16.5 Å². The fourth-order valence-electron chi connectivity index (χ4n) is 3.39. The second-order valence-corrected chi connectivity index (χ2v) is 11.5. The Morgan fingerprint density at radius 1 is 0.763 bits per heavy atom. The number of carbonyl (C=O) groups is 1.